The van der Waals surface area contributed by atoms with Gasteiger partial charge in [-0.15, -0.1) is 0 Å². The summed E-state index contributed by atoms with van der Waals surface area (Å²) in [7, 11) is 2.04. The third kappa shape index (κ3) is 1.81. The molecule has 0 fully saturated rings. The van der Waals surface area contributed by atoms with Gasteiger partial charge in [0.2, 0.25) is 5.91 Å². The molecule has 1 aromatic rings. The van der Waals surface area contributed by atoms with Crippen molar-refractivity contribution in [2.45, 2.75) is 0 Å². The number of rotatable bonds is 1. The van der Waals surface area contributed by atoms with Gasteiger partial charge in [-0.05, 0) is 12.1 Å². The summed E-state index contributed by atoms with van der Waals surface area (Å²) < 4.78 is 0. The molecular formula is C11H14N2OS. The molecule has 0 aliphatic carbocycles. The maximum Gasteiger partial charge on any atom is 0.236 e. The molecule has 1 aliphatic heterocycles. The van der Waals surface area contributed by atoms with E-state index in [2.05, 4.69) is 17.5 Å². The smallest absolute Gasteiger partial charge is 0.236 e. The van der Waals surface area contributed by atoms with E-state index < -0.39 is 0 Å². The molecule has 4 heteroatoms. The third-order valence-electron chi connectivity index (χ3n) is 2.68. The fourth-order valence-corrected chi connectivity index (χ4v) is 2.02. The molecule has 0 bridgehead atoms. The number of para-hydroxylation sites is 2. The van der Waals surface area contributed by atoms with E-state index in [1.165, 1.54) is 0 Å². The Labute approximate surface area is 95.1 Å². The van der Waals surface area contributed by atoms with Gasteiger partial charge in [-0.1, -0.05) is 12.1 Å². The number of benzene rings is 1. The standard InChI is InChI=1S/C11H14N2OS/c1-12-6-7-13(11(14)8-15)10-5-3-2-4-9(10)12/h2-5,15H,6-8H2,1H3. The molecule has 0 atom stereocenters. The molecule has 1 amide bonds. The largest absolute Gasteiger partial charge is 0.371 e. The van der Waals surface area contributed by atoms with E-state index in [1.54, 1.807) is 0 Å². The Bertz CT molecular complexity index is 381. The molecule has 0 unspecified atom stereocenters. The number of hydrogen-bond donors (Lipinski definition) is 1. The number of carbonyl (C=O) groups excluding carboxylic acids is 1. The van der Waals surface area contributed by atoms with Crippen LogP contribution in [0.1, 0.15) is 0 Å². The van der Waals surface area contributed by atoms with Crippen molar-refractivity contribution < 1.29 is 4.79 Å². The van der Waals surface area contributed by atoms with Crippen LogP contribution in [0.2, 0.25) is 0 Å². The van der Waals surface area contributed by atoms with Crippen LogP contribution in [0.5, 0.6) is 0 Å². The Hall–Kier alpha value is -1.16. The number of carbonyl (C=O) groups is 1. The van der Waals surface area contributed by atoms with Gasteiger partial charge in [0.25, 0.3) is 0 Å². The van der Waals surface area contributed by atoms with Crippen LogP contribution in [0.25, 0.3) is 0 Å². The van der Waals surface area contributed by atoms with Crippen molar-refractivity contribution in [3.05, 3.63) is 24.3 Å². The number of likely N-dealkylation sites (N-methyl/N-ethyl adjacent to an activating group) is 1. The second-order valence-corrected chi connectivity index (χ2v) is 3.93. The zero-order chi connectivity index (χ0) is 10.8. The third-order valence-corrected chi connectivity index (χ3v) is 2.95. The van der Waals surface area contributed by atoms with E-state index >= 15 is 0 Å². The van der Waals surface area contributed by atoms with E-state index in [1.807, 2.05) is 36.2 Å². The summed E-state index contributed by atoms with van der Waals surface area (Å²) in [5, 5.41) is 0. The van der Waals surface area contributed by atoms with Crippen molar-refractivity contribution in [1.82, 2.24) is 0 Å². The van der Waals surface area contributed by atoms with Gasteiger partial charge in [-0.3, -0.25) is 4.79 Å². The van der Waals surface area contributed by atoms with Crippen LogP contribution in [-0.4, -0.2) is 31.8 Å². The first-order valence-corrected chi connectivity index (χ1v) is 5.58. The zero-order valence-electron chi connectivity index (χ0n) is 8.68. The first-order valence-electron chi connectivity index (χ1n) is 4.95. The van der Waals surface area contributed by atoms with Crippen LogP contribution in [-0.2, 0) is 4.79 Å². The summed E-state index contributed by atoms with van der Waals surface area (Å²) >= 11 is 4.04. The van der Waals surface area contributed by atoms with Gasteiger partial charge in [0.1, 0.15) is 0 Å². The predicted molar refractivity (Wildman–Crippen MR) is 65.9 cm³/mol. The van der Waals surface area contributed by atoms with E-state index in [4.69, 9.17) is 0 Å². The highest BCUT2D eigenvalue weighted by molar-refractivity contribution is 7.81. The maximum atomic E-state index is 11.7. The summed E-state index contributed by atoms with van der Waals surface area (Å²) in [5.74, 6) is 0.330. The summed E-state index contributed by atoms with van der Waals surface area (Å²) in [6.07, 6.45) is 0. The fourth-order valence-electron chi connectivity index (χ4n) is 1.85. The Morgan fingerprint density at radius 1 is 1.33 bits per heavy atom. The number of fused-ring (bicyclic) bond motifs is 1. The van der Waals surface area contributed by atoms with Gasteiger partial charge >= 0.3 is 0 Å². The molecule has 0 N–H and O–H groups in total. The number of anilines is 2. The lowest BCUT2D eigenvalue weighted by molar-refractivity contribution is -0.116. The summed E-state index contributed by atoms with van der Waals surface area (Å²) in [6.45, 7) is 1.61. The minimum absolute atomic E-state index is 0.0684. The van der Waals surface area contributed by atoms with Gasteiger partial charge in [-0.25, -0.2) is 0 Å². The van der Waals surface area contributed by atoms with Gasteiger partial charge < -0.3 is 9.80 Å². The fraction of sp³-hybridized carbons (Fsp3) is 0.364. The summed E-state index contributed by atoms with van der Waals surface area (Å²) in [5.41, 5.74) is 2.10. The molecule has 0 saturated heterocycles. The lowest BCUT2D eigenvalue weighted by Gasteiger charge is -2.35. The van der Waals surface area contributed by atoms with Gasteiger partial charge in [0.15, 0.2) is 0 Å². The minimum atomic E-state index is 0.0684. The zero-order valence-corrected chi connectivity index (χ0v) is 9.58. The lowest BCUT2D eigenvalue weighted by atomic mass is 10.2. The number of amides is 1. The average molecular weight is 222 g/mol. The highest BCUT2D eigenvalue weighted by Crippen LogP contribution is 2.31. The molecule has 1 heterocycles. The van der Waals surface area contributed by atoms with E-state index in [-0.39, 0.29) is 11.7 Å². The second-order valence-electron chi connectivity index (χ2n) is 3.61. The predicted octanol–water partition coefficient (Wildman–Crippen LogP) is 1.40. The maximum absolute atomic E-state index is 11.7. The monoisotopic (exact) mass is 222 g/mol. The van der Waals surface area contributed by atoms with Crippen LogP contribution < -0.4 is 9.80 Å². The molecule has 3 nitrogen and oxygen atoms in total. The molecular weight excluding hydrogens is 208 g/mol. The van der Waals surface area contributed by atoms with E-state index in [0.29, 0.717) is 0 Å². The topological polar surface area (TPSA) is 23.6 Å². The Kier molecular flexibility index (Phi) is 2.86. The Morgan fingerprint density at radius 2 is 2.00 bits per heavy atom. The van der Waals surface area contributed by atoms with E-state index in [0.717, 1.165) is 24.5 Å². The van der Waals surface area contributed by atoms with Crippen LogP contribution in [0.3, 0.4) is 0 Å². The molecule has 0 aromatic heterocycles. The second kappa shape index (κ2) is 4.14. The molecule has 80 valence electrons. The van der Waals surface area contributed by atoms with Crippen LogP contribution in [0.15, 0.2) is 24.3 Å². The highest BCUT2D eigenvalue weighted by Gasteiger charge is 2.23. The Morgan fingerprint density at radius 3 is 2.67 bits per heavy atom. The Balaban J connectivity index is 2.40. The molecule has 2 rings (SSSR count). The molecule has 1 aliphatic rings. The van der Waals surface area contributed by atoms with Crippen molar-refractivity contribution in [3.8, 4) is 0 Å². The highest BCUT2D eigenvalue weighted by atomic mass is 32.1. The summed E-state index contributed by atoms with van der Waals surface area (Å²) in [6, 6.07) is 7.96. The van der Waals surface area contributed by atoms with Gasteiger partial charge in [0, 0.05) is 20.1 Å². The molecule has 0 saturated carbocycles. The van der Waals surface area contributed by atoms with Crippen molar-refractivity contribution >= 4 is 29.9 Å². The van der Waals surface area contributed by atoms with Crippen molar-refractivity contribution in [2.24, 2.45) is 0 Å². The van der Waals surface area contributed by atoms with Crippen LogP contribution >= 0.6 is 12.6 Å². The average Bonchev–Trinajstić information content (AvgIpc) is 2.29. The van der Waals surface area contributed by atoms with Gasteiger partial charge in [0.05, 0.1) is 17.1 Å². The number of nitrogens with zero attached hydrogens (tertiary/aromatic N) is 2. The van der Waals surface area contributed by atoms with Crippen molar-refractivity contribution in [3.63, 3.8) is 0 Å². The van der Waals surface area contributed by atoms with Crippen molar-refractivity contribution in [1.29, 1.82) is 0 Å². The molecule has 1 aromatic carbocycles. The van der Waals surface area contributed by atoms with Crippen molar-refractivity contribution in [2.75, 3.05) is 35.7 Å². The van der Waals surface area contributed by atoms with Crippen LogP contribution in [0, 0.1) is 0 Å². The molecule has 0 radical (unpaired) electrons. The summed E-state index contributed by atoms with van der Waals surface area (Å²) in [4.78, 5) is 15.6. The van der Waals surface area contributed by atoms with Crippen LogP contribution in [0.4, 0.5) is 11.4 Å². The SMILES string of the molecule is CN1CCN(C(=O)CS)c2ccccc21. The minimum Gasteiger partial charge on any atom is -0.371 e. The molecule has 0 spiro atoms. The first kappa shape index (κ1) is 10.4. The number of thiol groups is 1. The van der Waals surface area contributed by atoms with Gasteiger partial charge in [-0.2, -0.15) is 12.6 Å². The van der Waals surface area contributed by atoms with E-state index in [9.17, 15) is 4.79 Å². The normalized spacial score (nSPS) is 15.1. The first-order chi connectivity index (χ1) is 7.24. The lowest BCUT2D eigenvalue weighted by Crippen LogP contribution is -2.43. The quantitative estimate of drug-likeness (QED) is 0.726. The number of hydrogen-bond acceptors (Lipinski definition) is 3. The molecule has 15 heavy (non-hydrogen) atoms.